The van der Waals surface area contributed by atoms with Gasteiger partial charge in [-0.15, -0.1) is 0 Å². The quantitative estimate of drug-likeness (QED) is 0.546. The van der Waals surface area contributed by atoms with Crippen LogP contribution in [0.3, 0.4) is 0 Å². The molecule has 9 nitrogen and oxygen atoms in total. The van der Waals surface area contributed by atoms with Crippen molar-refractivity contribution in [2.75, 3.05) is 20.2 Å². The third-order valence-corrected chi connectivity index (χ3v) is 4.71. The molecule has 3 atom stereocenters. The first-order valence-electron chi connectivity index (χ1n) is 9.02. The van der Waals surface area contributed by atoms with E-state index in [4.69, 9.17) is 14.7 Å². The van der Waals surface area contributed by atoms with Crippen LogP contribution in [0.25, 0.3) is 0 Å². The largest absolute Gasteiger partial charge is 0.497 e. The van der Waals surface area contributed by atoms with Crippen LogP contribution in [0.2, 0.25) is 0 Å². The predicted octanol–water partition coefficient (Wildman–Crippen LogP) is 0.503. The number of aromatic nitrogens is 2. The Morgan fingerprint density at radius 3 is 2.93 bits per heavy atom. The number of amides is 1. The van der Waals surface area contributed by atoms with E-state index in [2.05, 4.69) is 20.8 Å². The van der Waals surface area contributed by atoms with Gasteiger partial charge in [-0.1, -0.05) is 12.1 Å². The fourth-order valence-corrected chi connectivity index (χ4v) is 3.19. The SMILES string of the molecule is COc1ccc(C[C@H]2NC[C@H](O)[C@H]2OC(=O)NCCc2[nH]ncc2C#N)cc1. The molecular weight excluding hydrogens is 362 g/mol. The second kappa shape index (κ2) is 9.21. The van der Waals surface area contributed by atoms with Crippen molar-refractivity contribution in [3.8, 4) is 11.8 Å². The molecule has 4 N–H and O–H groups in total. The molecule has 9 heteroatoms. The van der Waals surface area contributed by atoms with Crippen molar-refractivity contribution in [3.05, 3.63) is 47.3 Å². The molecule has 0 bridgehead atoms. The van der Waals surface area contributed by atoms with Crippen LogP contribution in [0.1, 0.15) is 16.8 Å². The number of aliphatic hydroxyl groups excluding tert-OH is 1. The monoisotopic (exact) mass is 385 g/mol. The summed E-state index contributed by atoms with van der Waals surface area (Å²) in [5.74, 6) is 0.771. The Labute approximate surface area is 162 Å². The standard InChI is InChI=1S/C19H23N5O4/c1-27-14-4-2-12(3-5-14)8-16-18(17(25)11-22-16)28-19(26)21-7-6-15-13(9-20)10-23-24-15/h2-5,10,16-18,22,25H,6-8,11H2,1H3,(H,21,26)(H,23,24)/t16-,17+,18+/m1/s1. The number of ether oxygens (including phenoxy) is 2. The number of methoxy groups -OCH3 is 1. The number of H-pyrrole nitrogens is 1. The van der Waals surface area contributed by atoms with E-state index in [0.717, 1.165) is 11.3 Å². The van der Waals surface area contributed by atoms with E-state index in [1.807, 2.05) is 30.3 Å². The molecule has 0 spiro atoms. The number of benzene rings is 1. The van der Waals surface area contributed by atoms with Gasteiger partial charge in [-0.2, -0.15) is 10.4 Å². The highest BCUT2D eigenvalue weighted by Crippen LogP contribution is 2.19. The molecule has 1 aliphatic rings. The minimum atomic E-state index is -0.771. The molecule has 0 radical (unpaired) electrons. The van der Waals surface area contributed by atoms with Crippen molar-refractivity contribution in [1.29, 1.82) is 5.26 Å². The Kier molecular flexibility index (Phi) is 6.47. The van der Waals surface area contributed by atoms with Crippen LogP contribution >= 0.6 is 0 Å². The molecule has 2 aromatic rings. The van der Waals surface area contributed by atoms with Gasteiger partial charge in [0.05, 0.1) is 30.6 Å². The van der Waals surface area contributed by atoms with Gasteiger partial charge in [0.25, 0.3) is 0 Å². The number of hydrogen-bond donors (Lipinski definition) is 4. The van der Waals surface area contributed by atoms with Crippen LogP contribution < -0.4 is 15.4 Å². The minimum Gasteiger partial charge on any atom is -0.497 e. The van der Waals surface area contributed by atoms with Crippen LogP contribution in [0.15, 0.2) is 30.5 Å². The van der Waals surface area contributed by atoms with Crippen molar-refractivity contribution in [1.82, 2.24) is 20.8 Å². The number of carbonyl (C=O) groups excluding carboxylic acids is 1. The van der Waals surface area contributed by atoms with Crippen LogP contribution in [0.4, 0.5) is 4.79 Å². The lowest BCUT2D eigenvalue weighted by Crippen LogP contribution is -2.41. The number of carbonyl (C=O) groups is 1. The molecule has 0 saturated carbocycles. The van der Waals surface area contributed by atoms with E-state index >= 15 is 0 Å². The maximum Gasteiger partial charge on any atom is 0.407 e. The van der Waals surface area contributed by atoms with E-state index in [9.17, 15) is 9.90 Å². The zero-order chi connectivity index (χ0) is 19.9. The van der Waals surface area contributed by atoms with Gasteiger partial charge >= 0.3 is 6.09 Å². The summed E-state index contributed by atoms with van der Waals surface area (Å²) in [6.07, 6.45) is 0.455. The molecule has 1 amide bonds. The normalized spacial score (nSPS) is 21.1. The van der Waals surface area contributed by atoms with Crippen molar-refractivity contribution in [2.45, 2.75) is 31.1 Å². The molecule has 1 aromatic heterocycles. The molecule has 28 heavy (non-hydrogen) atoms. The van der Waals surface area contributed by atoms with E-state index in [1.165, 1.54) is 6.20 Å². The summed E-state index contributed by atoms with van der Waals surface area (Å²) in [6, 6.07) is 9.47. The lowest BCUT2D eigenvalue weighted by atomic mass is 10.0. The number of alkyl carbamates (subject to hydrolysis) is 1. The smallest absolute Gasteiger partial charge is 0.407 e. The molecular formula is C19H23N5O4. The summed E-state index contributed by atoms with van der Waals surface area (Å²) >= 11 is 0. The highest BCUT2D eigenvalue weighted by atomic mass is 16.6. The van der Waals surface area contributed by atoms with Gasteiger partial charge in [0, 0.05) is 19.5 Å². The Morgan fingerprint density at radius 2 is 2.21 bits per heavy atom. The molecule has 148 valence electrons. The van der Waals surface area contributed by atoms with E-state index in [0.29, 0.717) is 30.6 Å². The van der Waals surface area contributed by atoms with Crippen molar-refractivity contribution in [3.63, 3.8) is 0 Å². The predicted molar refractivity (Wildman–Crippen MR) is 99.8 cm³/mol. The number of β-amino-alcohol motifs (C(OH)–C–C–N with tert-alkyl or cyclic N) is 1. The van der Waals surface area contributed by atoms with E-state index < -0.39 is 18.3 Å². The number of rotatable bonds is 7. The van der Waals surface area contributed by atoms with E-state index in [1.54, 1.807) is 7.11 Å². The van der Waals surface area contributed by atoms with Gasteiger partial charge in [0.1, 0.15) is 24.0 Å². The molecule has 1 aromatic carbocycles. The Balaban J connectivity index is 1.50. The summed E-state index contributed by atoms with van der Waals surface area (Å²) in [4.78, 5) is 12.1. The second-order valence-corrected chi connectivity index (χ2v) is 6.56. The van der Waals surface area contributed by atoms with Crippen LogP contribution in [0, 0.1) is 11.3 Å². The first-order chi connectivity index (χ1) is 13.6. The summed E-state index contributed by atoms with van der Waals surface area (Å²) in [7, 11) is 1.61. The Bertz CT molecular complexity index is 830. The molecule has 1 saturated heterocycles. The molecule has 2 heterocycles. The summed E-state index contributed by atoms with van der Waals surface area (Å²) in [5.41, 5.74) is 2.15. The van der Waals surface area contributed by atoms with Crippen LogP contribution in [-0.4, -0.2) is 59.8 Å². The number of aliphatic hydroxyl groups is 1. The van der Waals surface area contributed by atoms with Crippen molar-refractivity contribution in [2.24, 2.45) is 0 Å². The van der Waals surface area contributed by atoms with Gasteiger partial charge in [-0.05, 0) is 24.1 Å². The molecule has 3 rings (SSSR count). The van der Waals surface area contributed by atoms with Crippen LogP contribution in [-0.2, 0) is 17.6 Å². The third-order valence-electron chi connectivity index (χ3n) is 4.71. The summed E-state index contributed by atoms with van der Waals surface area (Å²) in [6.45, 7) is 0.646. The highest BCUT2D eigenvalue weighted by molar-refractivity contribution is 5.67. The minimum absolute atomic E-state index is 0.188. The average molecular weight is 385 g/mol. The highest BCUT2D eigenvalue weighted by Gasteiger charge is 2.37. The average Bonchev–Trinajstić information content (AvgIpc) is 3.30. The van der Waals surface area contributed by atoms with Gasteiger partial charge in [-0.25, -0.2) is 4.79 Å². The van der Waals surface area contributed by atoms with Gasteiger partial charge in [-0.3, -0.25) is 5.10 Å². The zero-order valence-corrected chi connectivity index (χ0v) is 15.5. The number of nitriles is 1. The fraction of sp³-hybridized carbons (Fsp3) is 0.421. The maximum absolute atomic E-state index is 12.1. The number of nitrogens with one attached hydrogen (secondary N) is 3. The number of hydrogen-bond acceptors (Lipinski definition) is 7. The third kappa shape index (κ3) is 4.79. The fourth-order valence-electron chi connectivity index (χ4n) is 3.19. The first-order valence-corrected chi connectivity index (χ1v) is 9.02. The van der Waals surface area contributed by atoms with E-state index in [-0.39, 0.29) is 12.6 Å². The van der Waals surface area contributed by atoms with Crippen LogP contribution in [0.5, 0.6) is 5.75 Å². The zero-order valence-electron chi connectivity index (χ0n) is 15.5. The maximum atomic E-state index is 12.1. The second-order valence-electron chi connectivity index (χ2n) is 6.56. The Morgan fingerprint density at radius 1 is 1.43 bits per heavy atom. The van der Waals surface area contributed by atoms with Gasteiger partial charge in [0.15, 0.2) is 0 Å². The number of aromatic amines is 1. The molecule has 0 unspecified atom stereocenters. The molecule has 0 aliphatic carbocycles. The lowest BCUT2D eigenvalue weighted by molar-refractivity contribution is 0.0191. The summed E-state index contributed by atoms with van der Waals surface area (Å²) < 4.78 is 10.6. The Hall–Kier alpha value is -3.09. The summed E-state index contributed by atoms with van der Waals surface area (Å²) in [5, 5.41) is 31.5. The van der Waals surface area contributed by atoms with Gasteiger partial charge in [0.2, 0.25) is 0 Å². The first kappa shape index (κ1) is 19.7. The topological polar surface area (TPSA) is 132 Å². The van der Waals surface area contributed by atoms with Crippen molar-refractivity contribution >= 4 is 6.09 Å². The molecule has 1 aliphatic heterocycles. The number of nitrogens with zero attached hydrogens (tertiary/aromatic N) is 2. The van der Waals surface area contributed by atoms with Gasteiger partial charge < -0.3 is 25.2 Å². The molecule has 1 fully saturated rings. The van der Waals surface area contributed by atoms with Crippen molar-refractivity contribution < 1.29 is 19.4 Å². The lowest BCUT2D eigenvalue weighted by Gasteiger charge is -2.22.